The second-order valence-corrected chi connectivity index (χ2v) is 29.6. The maximum Gasteiger partial charge on any atom is 0.494 e. The molecule has 0 bridgehead atoms. The number of aryl methyl sites for hydroxylation is 2. The van der Waals surface area contributed by atoms with Crippen LogP contribution in [0.1, 0.15) is 207 Å². The Morgan fingerprint density at radius 1 is 0.660 bits per heavy atom. The third-order valence-corrected chi connectivity index (χ3v) is 16.6. The Hall–Kier alpha value is -8.95. The lowest BCUT2D eigenvalue weighted by Gasteiger charge is -2.32. The fraction of sp³-hybridized carbons (Fsp3) is 0.507. The first-order chi connectivity index (χ1) is 47.8. The molecular formula is C69H94BClN18O8. The largest absolute Gasteiger partial charge is 0.494 e. The molecule has 28 heteroatoms. The van der Waals surface area contributed by atoms with Gasteiger partial charge < -0.3 is 39.2 Å². The third kappa shape index (κ3) is 19.4. The van der Waals surface area contributed by atoms with Crippen molar-refractivity contribution in [2.24, 2.45) is 14.0 Å². The molecule has 9 heterocycles. The number of fused-ring (bicyclic) bond motifs is 2. The van der Waals surface area contributed by atoms with Gasteiger partial charge in [0.2, 0.25) is 11.9 Å². The van der Waals surface area contributed by atoms with Gasteiger partial charge in [-0.15, -0.1) is 10.2 Å². The quantitative estimate of drug-likeness (QED) is 0.0653. The van der Waals surface area contributed by atoms with Gasteiger partial charge in [-0.1, -0.05) is 59.7 Å². The van der Waals surface area contributed by atoms with Gasteiger partial charge in [-0.05, 0) is 181 Å². The fourth-order valence-electron chi connectivity index (χ4n) is 10.7. The zero-order valence-electron chi connectivity index (χ0n) is 64.5. The number of nitrogens with zero attached hydrogens (tertiary/aromatic N) is 16. The number of ether oxygens (including phenoxy) is 2. The number of halogens is 1. The molecule has 1 fully saturated rings. The molecular weight excluding hydrogens is 1260 g/mol. The van der Waals surface area contributed by atoms with Gasteiger partial charge in [0, 0.05) is 91.6 Å². The van der Waals surface area contributed by atoms with E-state index < -0.39 is 43.9 Å². The second kappa shape index (κ2) is 29.4. The molecule has 0 saturated carbocycles. The van der Waals surface area contributed by atoms with Gasteiger partial charge in [-0.2, -0.15) is 10.2 Å². The number of Topliss-reactive ketones (excluding diaryl/α,β-unsaturated/α-hetero) is 2. The lowest BCUT2D eigenvalue weighted by Crippen LogP contribution is -2.41. The van der Waals surface area contributed by atoms with Crippen LogP contribution in [-0.4, -0.2) is 146 Å². The zero-order valence-corrected chi connectivity index (χ0v) is 59.3. The molecule has 0 radical (unpaired) electrons. The number of amides is 2. The number of aromatic nitrogens is 14. The van der Waals surface area contributed by atoms with Crippen LogP contribution in [0.15, 0.2) is 98.1 Å². The lowest BCUT2D eigenvalue weighted by molar-refractivity contribution is 0.00578. The zero-order chi connectivity index (χ0) is 76.0. The highest BCUT2D eigenvalue weighted by molar-refractivity contribution is 6.62. The number of hydrogen-bond donors (Lipinski definition) is 2. The Morgan fingerprint density at radius 3 is 1.57 bits per heavy atom. The van der Waals surface area contributed by atoms with Gasteiger partial charge in [0.25, 0.3) is 0 Å². The van der Waals surface area contributed by atoms with Crippen molar-refractivity contribution in [3.05, 3.63) is 137 Å². The van der Waals surface area contributed by atoms with E-state index in [1.54, 1.807) is 54.7 Å². The van der Waals surface area contributed by atoms with E-state index >= 15 is 0 Å². The van der Waals surface area contributed by atoms with Crippen molar-refractivity contribution in [3.8, 4) is 11.3 Å². The first-order valence-electron chi connectivity index (χ1n) is 35.2. The van der Waals surface area contributed by atoms with Crippen molar-refractivity contribution in [3.63, 3.8) is 0 Å². The summed E-state index contributed by atoms with van der Waals surface area (Å²) in [6.45, 7) is 30.7. The van der Waals surface area contributed by atoms with Gasteiger partial charge in [0.15, 0.2) is 11.6 Å². The van der Waals surface area contributed by atoms with Crippen LogP contribution < -0.4 is 16.1 Å². The number of ketones is 2. The van der Waals surface area contributed by atoms with Crippen molar-refractivity contribution < 1.29 is 46.2 Å². The van der Waals surface area contributed by atoms with Crippen molar-refractivity contribution >= 4 is 71.2 Å². The Kier molecular flexibility index (Phi) is 19.8. The first-order valence-corrected chi connectivity index (χ1v) is 32.3. The van der Waals surface area contributed by atoms with Crippen LogP contribution in [0.2, 0.25) is 5.15 Å². The summed E-state index contributed by atoms with van der Waals surface area (Å²) in [5, 5.41) is 30.8. The summed E-state index contributed by atoms with van der Waals surface area (Å²) in [5.74, 6) is 0.375. The Morgan fingerprint density at radius 2 is 1.12 bits per heavy atom. The average molecular weight is 1360 g/mol. The van der Waals surface area contributed by atoms with Gasteiger partial charge in [-0.25, -0.2) is 38.9 Å². The number of hydrogen-bond acceptors (Lipinski definition) is 20. The summed E-state index contributed by atoms with van der Waals surface area (Å²) in [4.78, 5) is 73.3. The van der Waals surface area contributed by atoms with E-state index in [0.29, 0.717) is 67.2 Å². The van der Waals surface area contributed by atoms with Crippen molar-refractivity contribution in [2.75, 3.05) is 23.7 Å². The van der Waals surface area contributed by atoms with Crippen molar-refractivity contribution in [1.29, 1.82) is 0 Å². The van der Waals surface area contributed by atoms with Crippen LogP contribution >= 0.6 is 11.6 Å². The van der Waals surface area contributed by atoms with E-state index in [2.05, 4.69) is 62.5 Å². The average Bonchev–Trinajstić information content (AvgIpc) is 1.62. The van der Waals surface area contributed by atoms with E-state index in [1.807, 2.05) is 160 Å². The Balaban J connectivity index is 0.000000205. The van der Waals surface area contributed by atoms with E-state index in [9.17, 15) is 19.2 Å². The van der Waals surface area contributed by atoms with E-state index in [-0.39, 0.29) is 65.5 Å². The minimum atomic E-state index is -2.30. The number of carbonyl (C=O) groups excluding carboxylic acids is 4. The third-order valence-electron chi connectivity index (χ3n) is 16.4. The number of carbonyl (C=O) groups is 4. The molecule has 2 amide bonds. The van der Waals surface area contributed by atoms with E-state index in [0.717, 1.165) is 49.3 Å². The van der Waals surface area contributed by atoms with Gasteiger partial charge in [0.05, 0.1) is 64.1 Å². The van der Waals surface area contributed by atoms with E-state index in [4.69, 9.17) is 43.6 Å². The summed E-state index contributed by atoms with van der Waals surface area (Å²) in [6.07, 6.45) is 13.9. The highest BCUT2D eigenvalue weighted by Crippen LogP contribution is 2.39. The highest BCUT2D eigenvalue weighted by Gasteiger charge is 2.52. The first kappa shape index (κ1) is 65.3. The van der Waals surface area contributed by atoms with Crippen LogP contribution in [0.3, 0.4) is 0 Å². The molecule has 518 valence electrons. The van der Waals surface area contributed by atoms with Gasteiger partial charge in [0.1, 0.15) is 27.7 Å². The molecule has 2 atom stereocenters. The maximum atomic E-state index is 13.4. The smallest absolute Gasteiger partial charge is 0.444 e. The molecule has 3 aliphatic rings. The highest BCUT2D eigenvalue weighted by atomic mass is 35.5. The standard InChI is InChI=1S/C31H39N9O3.C29H43BN4O5.C8H8ClN5.CH4/c1-30(2,3)40-19-26(36-37-40)27(41)15-20-11-13-39(29(42)43-31(4,5)6)17-22-14-21(8-9-24(20)22)25-10-12-32-28(35-25)34-23-16-33-38(7)18-23;1-26(2,3)34-18-23(31-32-34)24(35)16-19-13-14-33(25(36)37-27(4,5)6)17-20-15-21(11-12-22(19)20)30-38-28(7,8)29(9,10)39-30;1-14-5-6(4-11-14)12-8-10-3-2-7(9)13-8;/h8-10,12,14,16,18-20H,11,13,15,17H2,1-7H3,(H,32,34,35);11-12,15,18-19H,13-14,16-17H2,1-10H3;2-5H,1H3,(H,10,12,13);1H4/t20-;19-;;/m00../s1/i;;2*1D3. The van der Waals surface area contributed by atoms with Gasteiger partial charge in [-0.3, -0.25) is 19.0 Å². The monoisotopic (exact) mass is 1350 g/mol. The molecule has 2 N–H and O–H groups in total. The number of anilines is 4. The minimum Gasteiger partial charge on any atom is -0.444 e. The van der Waals surface area contributed by atoms with Crippen LogP contribution in [0.25, 0.3) is 11.3 Å². The lowest BCUT2D eigenvalue weighted by atomic mass is 9.76. The molecule has 1 saturated heterocycles. The molecule has 26 nitrogen and oxygen atoms in total. The molecule has 97 heavy (non-hydrogen) atoms. The summed E-state index contributed by atoms with van der Waals surface area (Å²) in [5.41, 5.74) is 5.70. The topological polar surface area (TPSA) is 284 Å². The molecule has 2 aromatic carbocycles. The molecule has 8 aromatic rings. The summed E-state index contributed by atoms with van der Waals surface area (Å²) in [6, 6.07) is 15.6. The molecule has 0 aliphatic carbocycles. The van der Waals surface area contributed by atoms with Gasteiger partial charge >= 0.3 is 19.3 Å². The number of benzene rings is 2. The minimum absolute atomic E-state index is 0.0674. The van der Waals surface area contributed by atoms with Crippen LogP contribution in [0, 0.1) is 0 Å². The van der Waals surface area contributed by atoms with Crippen molar-refractivity contribution in [1.82, 2.24) is 79.3 Å². The predicted molar refractivity (Wildman–Crippen MR) is 372 cm³/mol. The summed E-state index contributed by atoms with van der Waals surface area (Å²) >= 11 is 5.69. The van der Waals surface area contributed by atoms with Crippen LogP contribution in [0.4, 0.5) is 32.9 Å². The molecule has 6 aromatic heterocycles. The predicted octanol–water partition coefficient (Wildman–Crippen LogP) is 12.5. The maximum absolute atomic E-state index is 13.4. The normalized spacial score (nSPS) is 17.7. The number of rotatable bonds is 12. The SMILES string of the molecule is CC(C)(C)OC(=O)N1CC[C@@H](CC(=O)c2cn(C(C)(C)C)nn2)c2ccc(B3OC(C)(C)C(C)(C)O3)cc2C1.Cn1cc(Nc2nccc(-c3ccc4c(c3)CN(C(=O)OC(C)(C)C)CC[C@H]4CC(=O)c3cn(C(C)(C)C)nn3)n2)cn1.[2H]C([2H])([2H])n1cc(Nc2nccc(Cl)n2)cn1.[2H]C([2H])[2H]. The summed E-state index contributed by atoms with van der Waals surface area (Å²) in [7, 11) is -0.0967. The van der Waals surface area contributed by atoms with Crippen LogP contribution in [0.5, 0.6) is 0 Å². The molecule has 11 rings (SSSR count). The van der Waals surface area contributed by atoms with Crippen molar-refractivity contribution in [2.45, 2.75) is 202 Å². The molecule has 3 aliphatic heterocycles. The Labute approximate surface area is 582 Å². The fourth-order valence-corrected chi connectivity index (χ4v) is 10.8. The van der Waals surface area contributed by atoms with E-state index in [1.165, 1.54) is 18.6 Å². The second-order valence-electron chi connectivity index (χ2n) is 29.2. The molecule has 0 spiro atoms. The number of nitrogens with one attached hydrogen (secondary N) is 2. The molecule has 0 unspecified atom stereocenters. The Bertz CT molecular complexity index is 4250. The van der Waals surface area contributed by atoms with Crippen LogP contribution in [-0.2, 0) is 57.0 Å². The summed E-state index contributed by atoms with van der Waals surface area (Å²) < 4.78 is 69.2.